The first-order valence-corrected chi connectivity index (χ1v) is 7.48. The minimum atomic E-state index is -0.0144. The molecule has 102 valence electrons. The largest absolute Gasteiger partial charge is 0.384 e. The van der Waals surface area contributed by atoms with Gasteiger partial charge in [0, 0.05) is 18.3 Å². The van der Waals surface area contributed by atoms with Gasteiger partial charge in [0.05, 0.1) is 5.92 Å². The van der Waals surface area contributed by atoms with Gasteiger partial charge in [-0.15, -0.1) is 0 Å². The van der Waals surface area contributed by atoms with Crippen molar-refractivity contribution < 1.29 is 4.79 Å². The maximum Gasteiger partial charge on any atom is 0.229 e. The first-order valence-electron chi connectivity index (χ1n) is 7.48. The molecule has 1 aromatic carbocycles. The average Bonchev–Trinajstić information content (AvgIpc) is 2.70. The van der Waals surface area contributed by atoms with Crippen molar-refractivity contribution in [2.24, 2.45) is 0 Å². The fourth-order valence-corrected chi connectivity index (χ4v) is 3.24. The number of hydrogen-bond acceptors (Lipinski definition) is 2. The zero-order valence-electron chi connectivity index (χ0n) is 11.3. The SMILES string of the molecule is O=C(NC1CCCCCC1)C1CNc2ccccc21. The number of carbonyl (C=O) groups excluding carboxylic acids is 1. The summed E-state index contributed by atoms with van der Waals surface area (Å²) in [7, 11) is 0. The monoisotopic (exact) mass is 258 g/mol. The molecule has 1 unspecified atom stereocenters. The fraction of sp³-hybridized carbons (Fsp3) is 0.562. The number of carbonyl (C=O) groups is 1. The Morgan fingerprint density at radius 2 is 1.84 bits per heavy atom. The molecule has 1 heterocycles. The summed E-state index contributed by atoms with van der Waals surface area (Å²) in [6.07, 6.45) is 7.44. The molecule has 0 bridgehead atoms. The van der Waals surface area contributed by atoms with Crippen molar-refractivity contribution in [1.29, 1.82) is 0 Å². The van der Waals surface area contributed by atoms with E-state index in [0.29, 0.717) is 6.04 Å². The van der Waals surface area contributed by atoms with Crippen molar-refractivity contribution in [3.8, 4) is 0 Å². The van der Waals surface area contributed by atoms with Crippen LogP contribution in [0.5, 0.6) is 0 Å². The normalized spacial score (nSPS) is 23.3. The maximum absolute atomic E-state index is 12.4. The Balaban J connectivity index is 1.65. The molecule has 1 aliphatic carbocycles. The molecule has 0 radical (unpaired) electrons. The lowest BCUT2D eigenvalue weighted by atomic mass is 9.99. The van der Waals surface area contributed by atoms with Crippen molar-refractivity contribution in [3.05, 3.63) is 29.8 Å². The van der Waals surface area contributed by atoms with Crippen LogP contribution in [-0.2, 0) is 4.79 Å². The van der Waals surface area contributed by atoms with Crippen LogP contribution in [0.25, 0.3) is 0 Å². The summed E-state index contributed by atoms with van der Waals surface area (Å²) in [5, 5.41) is 6.58. The molecular weight excluding hydrogens is 236 g/mol. The van der Waals surface area contributed by atoms with Gasteiger partial charge in [0.15, 0.2) is 0 Å². The van der Waals surface area contributed by atoms with E-state index in [4.69, 9.17) is 0 Å². The molecular formula is C16H22N2O. The van der Waals surface area contributed by atoms with Gasteiger partial charge >= 0.3 is 0 Å². The Labute approximate surface area is 114 Å². The van der Waals surface area contributed by atoms with Crippen LogP contribution < -0.4 is 10.6 Å². The van der Waals surface area contributed by atoms with Crippen molar-refractivity contribution in [3.63, 3.8) is 0 Å². The van der Waals surface area contributed by atoms with Crippen molar-refractivity contribution in [2.45, 2.75) is 50.5 Å². The predicted molar refractivity (Wildman–Crippen MR) is 77.3 cm³/mol. The van der Waals surface area contributed by atoms with Crippen LogP contribution in [0.2, 0.25) is 0 Å². The highest BCUT2D eigenvalue weighted by Crippen LogP contribution is 2.31. The highest BCUT2D eigenvalue weighted by molar-refractivity contribution is 5.88. The van der Waals surface area contributed by atoms with E-state index in [1.54, 1.807) is 0 Å². The predicted octanol–water partition coefficient (Wildman–Crippen LogP) is 3.03. The molecule has 2 aliphatic rings. The maximum atomic E-state index is 12.4. The smallest absolute Gasteiger partial charge is 0.229 e. The van der Waals surface area contributed by atoms with Crippen LogP contribution in [0.4, 0.5) is 5.69 Å². The van der Waals surface area contributed by atoms with Gasteiger partial charge in [-0.25, -0.2) is 0 Å². The number of fused-ring (bicyclic) bond motifs is 1. The quantitative estimate of drug-likeness (QED) is 0.801. The van der Waals surface area contributed by atoms with Crippen molar-refractivity contribution >= 4 is 11.6 Å². The molecule has 3 nitrogen and oxygen atoms in total. The second-order valence-electron chi connectivity index (χ2n) is 5.72. The van der Waals surface area contributed by atoms with Gasteiger partial charge in [-0.1, -0.05) is 43.9 Å². The summed E-state index contributed by atoms with van der Waals surface area (Å²) < 4.78 is 0. The van der Waals surface area contributed by atoms with Crippen LogP contribution in [0.1, 0.15) is 50.0 Å². The zero-order chi connectivity index (χ0) is 13.1. The number of para-hydroxylation sites is 1. The Hall–Kier alpha value is -1.51. The molecule has 3 rings (SSSR count). The summed E-state index contributed by atoms with van der Waals surface area (Å²) in [5.41, 5.74) is 2.26. The van der Waals surface area contributed by atoms with Crippen molar-refractivity contribution in [2.75, 3.05) is 11.9 Å². The number of anilines is 1. The van der Waals surface area contributed by atoms with E-state index >= 15 is 0 Å². The Morgan fingerprint density at radius 3 is 2.63 bits per heavy atom. The molecule has 1 fully saturated rings. The van der Waals surface area contributed by atoms with Gasteiger partial charge < -0.3 is 10.6 Å². The van der Waals surface area contributed by atoms with Gasteiger partial charge in [-0.2, -0.15) is 0 Å². The third-order valence-electron chi connectivity index (χ3n) is 4.35. The van der Waals surface area contributed by atoms with Crippen LogP contribution in [0.3, 0.4) is 0 Å². The van der Waals surface area contributed by atoms with Crippen molar-refractivity contribution in [1.82, 2.24) is 5.32 Å². The molecule has 1 saturated carbocycles. The average molecular weight is 258 g/mol. The van der Waals surface area contributed by atoms with E-state index in [-0.39, 0.29) is 11.8 Å². The molecule has 1 amide bonds. The topological polar surface area (TPSA) is 41.1 Å². The molecule has 3 heteroatoms. The van der Waals surface area contributed by atoms with Crippen LogP contribution in [-0.4, -0.2) is 18.5 Å². The highest BCUT2D eigenvalue weighted by atomic mass is 16.2. The number of amides is 1. The molecule has 0 aromatic heterocycles. The lowest BCUT2D eigenvalue weighted by Crippen LogP contribution is -2.38. The minimum Gasteiger partial charge on any atom is -0.384 e. The van der Waals surface area contributed by atoms with Crippen LogP contribution in [0, 0.1) is 0 Å². The molecule has 0 spiro atoms. The Bertz CT molecular complexity index is 450. The molecule has 1 atom stereocenters. The van der Waals surface area contributed by atoms with Gasteiger partial charge in [-0.05, 0) is 24.5 Å². The van der Waals surface area contributed by atoms with E-state index in [2.05, 4.69) is 16.7 Å². The summed E-state index contributed by atoms with van der Waals surface area (Å²) >= 11 is 0. The number of rotatable bonds is 2. The van der Waals surface area contributed by atoms with E-state index in [1.807, 2.05) is 18.2 Å². The summed E-state index contributed by atoms with van der Waals surface area (Å²) in [6.45, 7) is 0.734. The summed E-state index contributed by atoms with van der Waals surface area (Å²) in [4.78, 5) is 12.4. The first kappa shape index (κ1) is 12.5. The minimum absolute atomic E-state index is 0.0144. The standard InChI is InChI=1S/C16H22N2O/c19-16(18-12-7-3-1-2-4-8-12)14-11-17-15-10-6-5-9-13(14)15/h5-6,9-10,12,14,17H,1-4,7-8,11H2,(H,18,19). The first-order chi connectivity index (χ1) is 9.34. The second kappa shape index (κ2) is 5.64. The molecule has 2 N–H and O–H groups in total. The molecule has 1 aliphatic heterocycles. The summed E-state index contributed by atoms with van der Waals surface area (Å²) in [6, 6.07) is 8.53. The van der Waals surface area contributed by atoms with Gasteiger partial charge in [0.25, 0.3) is 0 Å². The zero-order valence-corrected chi connectivity index (χ0v) is 11.3. The number of benzene rings is 1. The Morgan fingerprint density at radius 1 is 1.11 bits per heavy atom. The molecule has 19 heavy (non-hydrogen) atoms. The number of hydrogen-bond donors (Lipinski definition) is 2. The third kappa shape index (κ3) is 2.75. The number of nitrogens with one attached hydrogen (secondary N) is 2. The van der Waals surface area contributed by atoms with Crippen LogP contribution in [0.15, 0.2) is 24.3 Å². The van der Waals surface area contributed by atoms with E-state index in [9.17, 15) is 4.79 Å². The van der Waals surface area contributed by atoms with Crippen LogP contribution >= 0.6 is 0 Å². The second-order valence-corrected chi connectivity index (χ2v) is 5.72. The molecule has 0 saturated heterocycles. The van der Waals surface area contributed by atoms with E-state index < -0.39 is 0 Å². The van der Waals surface area contributed by atoms with E-state index in [1.165, 1.54) is 25.7 Å². The lowest BCUT2D eigenvalue weighted by Gasteiger charge is -2.19. The van der Waals surface area contributed by atoms with E-state index in [0.717, 1.165) is 30.6 Å². The third-order valence-corrected chi connectivity index (χ3v) is 4.35. The lowest BCUT2D eigenvalue weighted by molar-refractivity contribution is -0.122. The molecule has 1 aromatic rings. The highest BCUT2D eigenvalue weighted by Gasteiger charge is 2.29. The fourth-order valence-electron chi connectivity index (χ4n) is 3.24. The Kier molecular flexibility index (Phi) is 3.72. The van der Waals surface area contributed by atoms with Gasteiger partial charge in [0.1, 0.15) is 0 Å². The van der Waals surface area contributed by atoms with Gasteiger partial charge in [0.2, 0.25) is 5.91 Å². The summed E-state index contributed by atoms with van der Waals surface area (Å²) in [5.74, 6) is 0.184. The van der Waals surface area contributed by atoms with Gasteiger partial charge in [-0.3, -0.25) is 4.79 Å².